The zero-order valence-electron chi connectivity index (χ0n) is 22.3. The molecule has 7 heteroatoms. The van der Waals surface area contributed by atoms with Crippen molar-refractivity contribution >= 4 is 22.8 Å². The van der Waals surface area contributed by atoms with Crippen LogP contribution in [0.4, 0.5) is 4.39 Å². The minimum atomic E-state index is -1.21. The molecule has 1 heterocycles. The molecule has 5 rings (SSSR count). The second-order valence-electron chi connectivity index (χ2n) is 9.75. The summed E-state index contributed by atoms with van der Waals surface area (Å²) in [7, 11) is 1.57. The first-order valence-electron chi connectivity index (χ1n) is 13.2. The van der Waals surface area contributed by atoms with Gasteiger partial charge in [0.15, 0.2) is 5.78 Å². The van der Waals surface area contributed by atoms with Crippen molar-refractivity contribution in [3.63, 3.8) is 0 Å². The molecule has 0 bridgehead atoms. The van der Waals surface area contributed by atoms with Gasteiger partial charge < -0.3 is 14.8 Å². The van der Waals surface area contributed by atoms with Crippen molar-refractivity contribution in [2.45, 2.75) is 32.1 Å². The third-order valence-electron chi connectivity index (χ3n) is 7.13. The number of benzene rings is 4. The maximum Gasteiger partial charge on any atom is 0.336 e. The van der Waals surface area contributed by atoms with Crippen LogP contribution in [0.3, 0.4) is 0 Å². The topological polar surface area (TPSA) is 92.3 Å². The average molecular weight is 537 g/mol. The summed E-state index contributed by atoms with van der Waals surface area (Å²) >= 11 is 0. The van der Waals surface area contributed by atoms with Gasteiger partial charge in [0, 0.05) is 23.6 Å². The zero-order valence-corrected chi connectivity index (χ0v) is 22.3. The standard InChI is InChI=1S/C33H29FN2O4/c1-3-7-21(20-8-5-4-6-9-20)17-31(37)22-10-13-25(28(16-22)33(38)39)27-18-23(34)11-14-26(27)32-35-29-15-12-24(40-2)19-30(29)36-32/h4-6,8-16,18-19,21H,3,7,17H2,1-2H3,(H,35,36)(H,38,39)/t21-/m0/s1. The lowest BCUT2D eigenvalue weighted by atomic mass is 9.87. The Morgan fingerprint density at radius 3 is 2.45 bits per heavy atom. The number of ether oxygens (including phenoxy) is 1. The number of imidazole rings is 1. The van der Waals surface area contributed by atoms with E-state index in [1.165, 1.54) is 18.2 Å². The molecule has 0 spiro atoms. The van der Waals surface area contributed by atoms with Gasteiger partial charge in [-0.2, -0.15) is 0 Å². The van der Waals surface area contributed by atoms with Crippen LogP contribution in [0.2, 0.25) is 0 Å². The van der Waals surface area contributed by atoms with Gasteiger partial charge in [0.2, 0.25) is 0 Å². The minimum absolute atomic E-state index is 0.0354. The highest BCUT2D eigenvalue weighted by Crippen LogP contribution is 2.36. The van der Waals surface area contributed by atoms with E-state index in [0.717, 1.165) is 23.9 Å². The summed E-state index contributed by atoms with van der Waals surface area (Å²) in [5.41, 5.74) is 3.91. The number of carboxylic acid groups (broad SMARTS) is 1. The second kappa shape index (κ2) is 11.5. The molecule has 0 radical (unpaired) electrons. The van der Waals surface area contributed by atoms with E-state index in [0.29, 0.717) is 39.3 Å². The molecule has 202 valence electrons. The van der Waals surface area contributed by atoms with Gasteiger partial charge in [0.25, 0.3) is 0 Å². The summed E-state index contributed by atoms with van der Waals surface area (Å²) in [4.78, 5) is 33.6. The van der Waals surface area contributed by atoms with E-state index in [4.69, 9.17) is 4.74 Å². The molecule has 1 aromatic heterocycles. The van der Waals surface area contributed by atoms with E-state index in [-0.39, 0.29) is 23.7 Å². The Labute approximate surface area is 231 Å². The number of methoxy groups -OCH3 is 1. The van der Waals surface area contributed by atoms with Crippen LogP contribution in [-0.4, -0.2) is 33.9 Å². The Kier molecular flexibility index (Phi) is 7.73. The van der Waals surface area contributed by atoms with Crippen molar-refractivity contribution in [1.82, 2.24) is 9.97 Å². The lowest BCUT2D eigenvalue weighted by molar-refractivity contribution is 0.0697. The highest BCUT2D eigenvalue weighted by atomic mass is 19.1. The number of hydrogen-bond acceptors (Lipinski definition) is 4. The molecule has 1 atom stereocenters. The number of aromatic amines is 1. The van der Waals surface area contributed by atoms with Crippen LogP contribution in [-0.2, 0) is 0 Å². The largest absolute Gasteiger partial charge is 0.497 e. The first-order chi connectivity index (χ1) is 19.4. The van der Waals surface area contributed by atoms with Gasteiger partial charge in [-0.15, -0.1) is 0 Å². The molecule has 0 unspecified atom stereocenters. The maximum atomic E-state index is 14.5. The lowest BCUT2D eigenvalue weighted by Gasteiger charge is -2.17. The zero-order chi connectivity index (χ0) is 28.2. The van der Waals surface area contributed by atoms with Gasteiger partial charge >= 0.3 is 5.97 Å². The number of Topliss-reactive ketones (excluding diaryl/α,β-unsaturated/α-hetero) is 1. The average Bonchev–Trinajstić information content (AvgIpc) is 3.40. The molecule has 6 nitrogen and oxygen atoms in total. The van der Waals surface area contributed by atoms with Gasteiger partial charge in [0.1, 0.15) is 17.4 Å². The number of aromatic carboxylic acids is 1. The number of carbonyl (C=O) groups is 2. The number of carboxylic acids is 1. The highest BCUT2D eigenvalue weighted by Gasteiger charge is 2.22. The fraction of sp³-hybridized carbons (Fsp3) is 0.182. The molecule has 2 N–H and O–H groups in total. The van der Waals surface area contributed by atoms with E-state index in [1.54, 1.807) is 37.4 Å². The molecular formula is C33H29FN2O4. The van der Waals surface area contributed by atoms with Crippen molar-refractivity contribution in [1.29, 1.82) is 0 Å². The predicted octanol–water partition coefficient (Wildman–Crippen LogP) is 7.90. The number of carbonyl (C=O) groups excluding carboxylic acids is 1. The normalized spacial score (nSPS) is 11.9. The summed E-state index contributed by atoms with van der Waals surface area (Å²) in [6.45, 7) is 2.08. The number of fused-ring (bicyclic) bond motifs is 1. The van der Waals surface area contributed by atoms with Gasteiger partial charge in [0.05, 0.1) is 23.7 Å². The third kappa shape index (κ3) is 5.50. The summed E-state index contributed by atoms with van der Waals surface area (Å²) in [5, 5.41) is 10.1. The molecule has 5 aromatic rings. The van der Waals surface area contributed by atoms with E-state index >= 15 is 0 Å². The smallest absolute Gasteiger partial charge is 0.336 e. The third-order valence-corrected chi connectivity index (χ3v) is 7.13. The number of ketones is 1. The van der Waals surface area contributed by atoms with Crippen LogP contribution >= 0.6 is 0 Å². The van der Waals surface area contributed by atoms with Gasteiger partial charge in [-0.05, 0) is 65.4 Å². The van der Waals surface area contributed by atoms with Crippen LogP contribution < -0.4 is 4.74 Å². The first kappa shape index (κ1) is 26.8. The first-order valence-corrected chi connectivity index (χ1v) is 13.2. The number of hydrogen-bond donors (Lipinski definition) is 2. The summed E-state index contributed by atoms with van der Waals surface area (Å²) in [5.74, 6) is -0.709. The Hall–Kier alpha value is -4.78. The Morgan fingerprint density at radius 1 is 0.950 bits per heavy atom. The molecule has 4 aromatic carbocycles. The molecule has 0 fully saturated rings. The van der Waals surface area contributed by atoms with Crippen molar-refractivity contribution in [3.8, 4) is 28.3 Å². The van der Waals surface area contributed by atoms with Gasteiger partial charge in [-0.3, -0.25) is 4.79 Å². The number of rotatable bonds is 10. The van der Waals surface area contributed by atoms with Crippen molar-refractivity contribution in [2.24, 2.45) is 0 Å². The van der Waals surface area contributed by atoms with Crippen LogP contribution in [0.5, 0.6) is 5.75 Å². The van der Waals surface area contributed by atoms with E-state index in [1.807, 2.05) is 36.4 Å². The molecule has 0 saturated heterocycles. The Morgan fingerprint density at radius 2 is 1.73 bits per heavy atom. The lowest BCUT2D eigenvalue weighted by Crippen LogP contribution is -2.10. The molecule has 40 heavy (non-hydrogen) atoms. The summed E-state index contributed by atoms with van der Waals surface area (Å²) < 4.78 is 19.8. The van der Waals surface area contributed by atoms with Gasteiger partial charge in [-0.1, -0.05) is 55.8 Å². The molecule has 0 aliphatic heterocycles. The number of H-pyrrole nitrogens is 1. The maximum absolute atomic E-state index is 14.5. The Bertz CT molecular complexity index is 1690. The predicted molar refractivity (Wildman–Crippen MR) is 153 cm³/mol. The van der Waals surface area contributed by atoms with Crippen LogP contribution in [0.25, 0.3) is 33.5 Å². The van der Waals surface area contributed by atoms with Crippen LogP contribution in [0.1, 0.15) is 58.4 Å². The van der Waals surface area contributed by atoms with Gasteiger partial charge in [-0.25, -0.2) is 14.2 Å². The van der Waals surface area contributed by atoms with E-state index in [2.05, 4.69) is 16.9 Å². The molecule has 0 saturated carbocycles. The van der Waals surface area contributed by atoms with Crippen LogP contribution in [0.15, 0.2) is 84.9 Å². The molecule has 0 amide bonds. The quantitative estimate of drug-likeness (QED) is 0.177. The molecule has 0 aliphatic rings. The van der Waals surface area contributed by atoms with Crippen LogP contribution in [0, 0.1) is 5.82 Å². The second-order valence-corrected chi connectivity index (χ2v) is 9.75. The van der Waals surface area contributed by atoms with E-state index in [9.17, 15) is 19.1 Å². The number of halogens is 1. The highest BCUT2D eigenvalue weighted by molar-refractivity contribution is 6.04. The summed E-state index contributed by atoms with van der Waals surface area (Å²) in [6, 6.07) is 24.0. The van der Waals surface area contributed by atoms with Crippen molar-refractivity contribution < 1.29 is 23.8 Å². The fourth-order valence-corrected chi connectivity index (χ4v) is 5.12. The monoisotopic (exact) mass is 536 g/mol. The Balaban J connectivity index is 1.54. The van der Waals surface area contributed by atoms with Crippen molar-refractivity contribution in [3.05, 3.63) is 107 Å². The number of nitrogens with zero attached hydrogens (tertiary/aromatic N) is 1. The number of aromatic nitrogens is 2. The number of nitrogens with one attached hydrogen (secondary N) is 1. The molecule has 0 aliphatic carbocycles. The SMILES string of the molecule is CCC[C@@H](CC(=O)c1ccc(-c2cc(F)ccc2-c2nc3ccc(OC)cc3[nH]2)c(C(=O)O)c1)c1ccccc1. The summed E-state index contributed by atoms with van der Waals surface area (Å²) in [6.07, 6.45) is 2.03. The van der Waals surface area contributed by atoms with Crippen molar-refractivity contribution in [2.75, 3.05) is 7.11 Å². The molecular weight excluding hydrogens is 507 g/mol. The van der Waals surface area contributed by atoms with E-state index < -0.39 is 11.8 Å². The fourth-order valence-electron chi connectivity index (χ4n) is 5.12. The minimum Gasteiger partial charge on any atom is -0.497 e.